The van der Waals surface area contributed by atoms with Gasteiger partial charge < -0.3 is 5.32 Å². The molecule has 4 nitrogen and oxygen atoms in total. The van der Waals surface area contributed by atoms with Gasteiger partial charge in [-0.05, 0) is 19.3 Å². The molecule has 100 valence electrons. The molecule has 0 spiro atoms. The van der Waals surface area contributed by atoms with E-state index in [4.69, 9.17) is 0 Å². The van der Waals surface area contributed by atoms with Crippen LogP contribution < -0.4 is 5.32 Å². The van der Waals surface area contributed by atoms with E-state index in [9.17, 15) is 4.79 Å². The second-order valence-corrected chi connectivity index (χ2v) is 5.37. The summed E-state index contributed by atoms with van der Waals surface area (Å²) in [7, 11) is 0. The summed E-state index contributed by atoms with van der Waals surface area (Å²) in [5, 5.41) is 10.1. The van der Waals surface area contributed by atoms with E-state index in [1.807, 2.05) is 13.0 Å². The van der Waals surface area contributed by atoms with Crippen molar-refractivity contribution in [2.45, 2.75) is 58.3 Å². The first-order valence-electron chi connectivity index (χ1n) is 7.07. The number of rotatable bonds is 5. The molecule has 2 N–H and O–H groups in total. The molecule has 1 unspecified atom stereocenters. The van der Waals surface area contributed by atoms with Gasteiger partial charge in [0.25, 0.3) is 0 Å². The third kappa shape index (κ3) is 3.12. The second kappa shape index (κ2) is 6.03. The number of anilines is 1. The minimum Gasteiger partial charge on any atom is -0.309 e. The topological polar surface area (TPSA) is 57.8 Å². The fraction of sp³-hybridized carbons (Fsp3) is 0.714. The highest BCUT2D eigenvalue weighted by Gasteiger charge is 2.20. The third-order valence-electron chi connectivity index (χ3n) is 3.81. The number of nitrogens with zero attached hydrogens (tertiary/aromatic N) is 1. The van der Waals surface area contributed by atoms with E-state index in [-0.39, 0.29) is 11.8 Å². The number of aromatic nitrogens is 2. The Bertz CT molecular complexity index is 393. The zero-order valence-corrected chi connectivity index (χ0v) is 11.3. The molecule has 1 amide bonds. The van der Waals surface area contributed by atoms with Crippen LogP contribution in [0.3, 0.4) is 0 Å². The van der Waals surface area contributed by atoms with Gasteiger partial charge in [-0.3, -0.25) is 9.89 Å². The normalized spacial score (nSPS) is 17.9. The van der Waals surface area contributed by atoms with Crippen molar-refractivity contribution in [3.8, 4) is 0 Å². The average Bonchev–Trinajstić information content (AvgIpc) is 2.98. The molecule has 18 heavy (non-hydrogen) atoms. The SMILES string of the molecule is CCCC(C)C(=O)Nc1cc(C2CCCC2)[nH]n1. The molecule has 1 heterocycles. The van der Waals surface area contributed by atoms with Crippen molar-refractivity contribution in [1.29, 1.82) is 0 Å². The molecule has 1 aromatic heterocycles. The van der Waals surface area contributed by atoms with E-state index in [0.29, 0.717) is 11.7 Å². The first-order chi connectivity index (χ1) is 8.70. The van der Waals surface area contributed by atoms with Crippen molar-refractivity contribution < 1.29 is 4.79 Å². The van der Waals surface area contributed by atoms with Gasteiger partial charge in [0, 0.05) is 23.6 Å². The molecule has 0 aromatic carbocycles. The first-order valence-corrected chi connectivity index (χ1v) is 7.07. The van der Waals surface area contributed by atoms with E-state index in [2.05, 4.69) is 22.4 Å². The number of hydrogen-bond acceptors (Lipinski definition) is 2. The number of hydrogen-bond donors (Lipinski definition) is 2. The quantitative estimate of drug-likeness (QED) is 0.839. The van der Waals surface area contributed by atoms with Crippen LogP contribution in [0.5, 0.6) is 0 Å². The highest BCUT2D eigenvalue weighted by atomic mass is 16.1. The summed E-state index contributed by atoms with van der Waals surface area (Å²) in [5.41, 5.74) is 1.17. The van der Waals surface area contributed by atoms with Crippen molar-refractivity contribution in [3.05, 3.63) is 11.8 Å². The smallest absolute Gasteiger partial charge is 0.228 e. The van der Waals surface area contributed by atoms with E-state index in [0.717, 1.165) is 12.8 Å². The lowest BCUT2D eigenvalue weighted by molar-refractivity contribution is -0.119. The van der Waals surface area contributed by atoms with Gasteiger partial charge >= 0.3 is 0 Å². The van der Waals surface area contributed by atoms with Gasteiger partial charge in [-0.15, -0.1) is 0 Å². The van der Waals surface area contributed by atoms with Crippen LogP contribution in [0.4, 0.5) is 5.82 Å². The summed E-state index contributed by atoms with van der Waals surface area (Å²) < 4.78 is 0. The third-order valence-corrected chi connectivity index (χ3v) is 3.81. The van der Waals surface area contributed by atoms with E-state index in [1.54, 1.807) is 0 Å². The van der Waals surface area contributed by atoms with E-state index < -0.39 is 0 Å². The Morgan fingerprint density at radius 1 is 1.56 bits per heavy atom. The van der Waals surface area contributed by atoms with Gasteiger partial charge in [-0.1, -0.05) is 33.1 Å². The summed E-state index contributed by atoms with van der Waals surface area (Å²) in [5.74, 6) is 1.41. The van der Waals surface area contributed by atoms with Crippen molar-refractivity contribution in [2.75, 3.05) is 5.32 Å². The first kappa shape index (κ1) is 13.1. The van der Waals surface area contributed by atoms with Gasteiger partial charge in [0.15, 0.2) is 5.82 Å². The Balaban J connectivity index is 1.91. The van der Waals surface area contributed by atoms with Crippen LogP contribution in [0, 0.1) is 5.92 Å². The Labute approximate surface area is 109 Å². The number of aromatic amines is 1. The lowest BCUT2D eigenvalue weighted by Crippen LogP contribution is -2.20. The molecule has 1 aliphatic carbocycles. The van der Waals surface area contributed by atoms with Gasteiger partial charge in [0.05, 0.1) is 0 Å². The second-order valence-electron chi connectivity index (χ2n) is 5.37. The van der Waals surface area contributed by atoms with Gasteiger partial charge in [0.1, 0.15) is 0 Å². The van der Waals surface area contributed by atoms with Crippen molar-refractivity contribution in [3.63, 3.8) is 0 Å². The Morgan fingerprint density at radius 2 is 2.28 bits per heavy atom. The number of H-pyrrole nitrogens is 1. The fourth-order valence-electron chi connectivity index (χ4n) is 2.66. The highest BCUT2D eigenvalue weighted by Crippen LogP contribution is 2.33. The zero-order chi connectivity index (χ0) is 13.0. The molecule has 1 fully saturated rings. The van der Waals surface area contributed by atoms with Gasteiger partial charge in [0.2, 0.25) is 5.91 Å². The molecule has 4 heteroatoms. The predicted molar refractivity (Wildman–Crippen MR) is 72.5 cm³/mol. The Kier molecular flexibility index (Phi) is 4.39. The van der Waals surface area contributed by atoms with Gasteiger partial charge in [-0.2, -0.15) is 5.10 Å². The van der Waals surface area contributed by atoms with Crippen LogP contribution >= 0.6 is 0 Å². The molecule has 0 bridgehead atoms. The maximum Gasteiger partial charge on any atom is 0.228 e. The summed E-state index contributed by atoms with van der Waals surface area (Å²) >= 11 is 0. The van der Waals surface area contributed by atoms with Crippen LogP contribution in [-0.4, -0.2) is 16.1 Å². The van der Waals surface area contributed by atoms with Crippen LogP contribution in [0.15, 0.2) is 6.07 Å². The number of amides is 1. The van der Waals surface area contributed by atoms with Crippen LogP contribution in [0.2, 0.25) is 0 Å². The van der Waals surface area contributed by atoms with Crippen molar-refractivity contribution >= 4 is 11.7 Å². The summed E-state index contributed by atoms with van der Waals surface area (Å²) in [6.45, 7) is 4.06. The molecule has 0 aliphatic heterocycles. The van der Waals surface area contributed by atoms with Crippen molar-refractivity contribution in [2.24, 2.45) is 5.92 Å². The highest BCUT2D eigenvalue weighted by molar-refractivity contribution is 5.91. The molecule has 0 saturated heterocycles. The molecular weight excluding hydrogens is 226 g/mol. The summed E-state index contributed by atoms with van der Waals surface area (Å²) in [6, 6.07) is 1.99. The fourth-order valence-corrected chi connectivity index (χ4v) is 2.66. The minimum absolute atomic E-state index is 0.0571. The van der Waals surface area contributed by atoms with Gasteiger partial charge in [-0.25, -0.2) is 0 Å². The van der Waals surface area contributed by atoms with Crippen LogP contribution in [0.25, 0.3) is 0 Å². The minimum atomic E-state index is 0.0571. The zero-order valence-electron chi connectivity index (χ0n) is 11.3. The number of nitrogens with one attached hydrogen (secondary N) is 2. The van der Waals surface area contributed by atoms with E-state index in [1.165, 1.54) is 31.4 Å². The van der Waals surface area contributed by atoms with Crippen molar-refractivity contribution in [1.82, 2.24) is 10.2 Å². The summed E-state index contributed by atoms with van der Waals surface area (Å²) in [4.78, 5) is 11.9. The summed E-state index contributed by atoms with van der Waals surface area (Å²) in [6.07, 6.45) is 7.04. The Hall–Kier alpha value is -1.32. The average molecular weight is 249 g/mol. The maximum absolute atomic E-state index is 11.9. The van der Waals surface area contributed by atoms with Crippen LogP contribution in [0.1, 0.15) is 64.0 Å². The molecule has 1 saturated carbocycles. The molecule has 0 radical (unpaired) electrons. The maximum atomic E-state index is 11.9. The standard InChI is InChI=1S/C14H23N3O/c1-3-6-10(2)14(18)15-13-9-12(16-17-13)11-7-4-5-8-11/h9-11H,3-8H2,1-2H3,(H2,15,16,17,18). The molecule has 1 atom stereocenters. The molecular formula is C14H23N3O. The molecule has 2 rings (SSSR count). The number of carbonyl (C=O) groups excluding carboxylic acids is 1. The molecule has 1 aliphatic rings. The molecule has 1 aromatic rings. The predicted octanol–water partition coefficient (Wildman–Crippen LogP) is 3.44. The van der Waals surface area contributed by atoms with Crippen LogP contribution in [-0.2, 0) is 4.79 Å². The Morgan fingerprint density at radius 3 is 2.94 bits per heavy atom. The lowest BCUT2D eigenvalue weighted by Gasteiger charge is -2.08. The van der Waals surface area contributed by atoms with E-state index >= 15 is 0 Å². The lowest BCUT2D eigenvalue weighted by atomic mass is 10.0. The monoisotopic (exact) mass is 249 g/mol. The largest absolute Gasteiger partial charge is 0.309 e. The number of carbonyl (C=O) groups is 1.